The highest BCUT2D eigenvalue weighted by Gasteiger charge is 2.16. The minimum Gasteiger partial charge on any atom is -0.481 e. The molecule has 0 bridgehead atoms. The average Bonchev–Trinajstić information content (AvgIpc) is 2.87. The molecule has 0 saturated heterocycles. The molecule has 0 saturated carbocycles. The molecule has 17 heavy (non-hydrogen) atoms. The Morgan fingerprint density at radius 1 is 1.47 bits per heavy atom. The third-order valence-corrected chi connectivity index (χ3v) is 3.19. The molecule has 0 fully saturated rings. The van der Waals surface area contributed by atoms with Gasteiger partial charge in [0, 0.05) is 6.07 Å². The van der Waals surface area contributed by atoms with E-state index in [9.17, 15) is 0 Å². The van der Waals surface area contributed by atoms with Gasteiger partial charge in [0.2, 0.25) is 17.6 Å². The highest BCUT2D eigenvalue weighted by atomic mass is 79.9. The third kappa shape index (κ3) is 2.60. The van der Waals surface area contributed by atoms with Crippen molar-refractivity contribution >= 4 is 15.9 Å². The summed E-state index contributed by atoms with van der Waals surface area (Å²) >= 11 is 3.45. The Labute approximate surface area is 107 Å². The maximum atomic E-state index is 5.14. The van der Waals surface area contributed by atoms with Crippen LogP contribution in [0.1, 0.15) is 24.1 Å². The fourth-order valence-electron chi connectivity index (χ4n) is 1.21. The highest BCUT2D eigenvalue weighted by molar-refractivity contribution is 9.09. The van der Waals surface area contributed by atoms with E-state index in [1.165, 1.54) is 6.33 Å². The molecule has 1 atom stereocenters. The molecule has 7 heteroatoms. The molecule has 0 aliphatic heterocycles. The van der Waals surface area contributed by atoms with Crippen molar-refractivity contribution in [3.63, 3.8) is 0 Å². The highest BCUT2D eigenvalue weighted by Crippen LogP contribution is 2.26. The summed E-state index contributed by atoms with van der Waals surface area (Å²) in [6.07, 6.45) is 2.27. The van der Waals surface area contributed by atoms with Crippen molar-refractivity contribution in [2.75, 3.05) is 7.11 Å². The van der Waals surface area contributed by atoms with Gasteiger partial charge in [-0.2, -0.15) is 4.98 Å². The molecule has 0 aliphatic carbocycles. The van der Waals surface area contributed by atoms with Crippen molar-refractivity contribution in [1.82, 2.24) is 20.1 Å². The molecule has 0 N–H and O–H groups in total. The van der Waals surface area contributed by atoms with Gasteiger partial charge in [-0.1, -0.05) is 28.0 Å². The first-order valence-corrected chi connectivity index (χ1v) is 6.00. The fourth-order valence-corrected chi connectivity index (χ4v) is 1.40. The molecule has 2 aromatic heterocycles. The first-order chi connectivity index (χ1) is 8.24. The Morgan fingerprint density at radius 2 is 2.29 bits per heavy atom. The van der Waals surface area contributed by atoms with E-state index in [0.29, 0.717) is 23.3 Å². The van der Waals surface area contributed by atoms with E-state index < -0.39 is 0 Å². The Bertz CT molecular complexity index is 503. The van der Waals surface area contributed by atoms with Gasteiger partial charge in [0.15, 0.2) is 0 Å². The molecule has 2 heterocycles. The van der Waals surface area contributed by atoms with Gasteiger partial charge in [0.25, 0.3) is 0 Å². The first kappa shape index (κ1) is 12.0. The third-order valence-electron chi connectivity index (χ3n) is 2.15. The van der Waals surface area contributed by atoms with E-state index >= 15 is 0 Å². The zero-order valence-electron chi connectivity index (χ0n) is 9.42. The predicted octanol–water partition coefficient (Wildman–Crippen LogP) is 2.38. The summed E-state index contributed by atoms with van der Waals surface area (Å²) in [5.74, 6) is 1.44. The molecule has 2 rings (SSSR count). The number of hydrogen-bond acceptors (Lipinski definition) is 6. The van der Waals surface area contributed by atoms with Crippen molar-refractivity contribution in [1.29, 1.82) is 0 Å². The standard InChI is InChI=1S/C10H11BrN4O2/c1-3-6(11)10-14-9(15-17-10)7-4-8(16-2)13-5-12-7/h4-6H,3H2,1-2H3. The Hall–Kier alpha value is -1.50. The Kier molecular flexibility index (Phi) is 3.68. The number of ether oxygens (including phenoxy) is 1. The molecular formula is C10H11BrN4O2. The average molecular weight is 299 g/mol. The smallest absolute Gasteiger partial charge is 0.240 e. The van der Waals surface area contributed by atoms with Crippen LogP contribution in [0, 0.1) is 0 Å². The lowest BCUT2D eigenvalue weighted by molar-refractivity contribution is 0.376. The van der Waals surface area contributed by atoms with Crippen LogP contribution in [0.2, 0.25) is 0 Å². The van der Waals surface area contributed by atoms with E-state index in [0.717, 1.165) is 6.42 Å². The van der Waals surface area contributed by atoms with E-state index in [-0.39, 0.29) is 4.83 Å². The fraction of sp³-hybridized carbons (Fsp3) is 0.400. The second kappa shape index (κ2) is 5.22. The minimum absolute atomic E-state index is 0.0625. The lowest BCUT2D eigenvalue weighted by Gasteiger charge is -1.98. The number of alkyl halides is 1. The lowest BCUT2D eigenvalue weighted by atomic mass is 10.3. The molecule has 0 spiro atoms. The summed E-state index contributed by atoms with van der Waals surface area (Å²) in [4.78, 5) is 12.3. The maximum Gasteiger partial charge on any atom is 0.240 e. The van der Waals surface area contributed by atoms with E-state index in [1.807, 2.05) is 6.92 Å². The van der Waals surface area contributed by atoms with Crippen LogP contribution in [0.5, 0.6) is 5.88 Å². The van der Waals surface area contributed by atoms with E-state index in [1.54, 1.807) is 13.2 Å². The summed E-state index contributed by atoms with van der Waals surface area (Å²) in [7, 11) is 1.54. The van der Waals surface area contributed by atoms with Crippen LogP contribution in [0.15, 0.2) is 16.9 Å². The molecule has 0 aromatic carbocycles. The van der Waals surface area contributed by atoms with Crippen molar-refractivity contribution in [3.05, 3.63) is 18.3 Å². The number of aromatic nitrogens is 4. The summed E-state index contributed by atoms with van der Waals surface area (Å²) in [5.41, 5.74) is 0.572. The predicted molar refractivity (Wildman–Crippen MR) is 63.8 cm³/mol. The summed E-state index contributed by atoms with van der Waals surface area (Å²) in [6, 6.07) is 1.66. The van der Waals surface area contributed by atoms with E-state index in [2.05, 4.69) is 36.0 Å². The monoisotopic (exact) mass is 298 g/mol. The molecular weight excluding hydrogens is 288 g/mol. The van der Waals surface area contributed by atoms with Crippen LogP contribution >= 0.6 is 15.9 Å². The SMILES string of the molecule is CCC(Br)c1nc(-c2cc(OC)ncn2)no1. The number of nitrogens with zero attached hydrogens (tertiary/aromatic N) is 4. The number of halogens is 1. The van der Waals surface area contributed by atoms with Crippen molar-refractivity contribution < 1.29 is 9.26 Å². The Balaban J connectivity index is 2.30. The molecule has 90 valence electrons. The first-order valence-electron chi connectivity index (χ1n) is 5.08. The second-order valence-electron chi connectivity index (χ2n) is 3.28. The van der Waals surface area contributed by atoms with Crippen LogP contribution in [0.3, 0.4) is 0 Å². The molecule has 0 aliphatic rings. The molecule has 2 aromatic rings. The summed E-state index contributed by atoms with van der Waals surface area (Å²) in [5, 5.41) is 3.87. The maximum absolute atomic E-state index is 5.14. The van der Waals surface area contributed by atoms with Crippen molar-refractivity contribution in [2.24, 2.45) is 0 Å². The van der Waals surface area contributed by atoms with Gasteiger partial charge in [-0.15, -0.1) is 0 Å². The van der Waals surface area contributed by atoms with Crippen LogP contribution in [-0.2, 0) is 0 Å². The lowest BCUT2D eigenvalue weighted by Crippen LogP contribution is -1.92. The number of hydrogen-bond donors (Lipinski definition) is 0. The van der Waals surface area contributed by atoms with Crippen molar-refractivity contribution in [2.45, 2.75) is 18.2 Å². The van der Waals surface area contributed by atoms with Crippen LogP contribution < -0.4 is 4.74 Å². The van der Waals surface area contributed by atoms with Gasteiger partial charge < -0.3 is 9.26 Å². The molecule has 0 radical (unpaired) electrons. The van der Waals surface area contributed by atoms with E-state index in [4.69, 9.17) is 9.26 Å². The zero-order chi connectivity index (χ0) is 12.3. The van der Waals surface area contributed by atoms with Gasteiger partial charge in [-0.25, -0.2) is 9.97 Å². The Morgan fingerprint density at radius 3 is 3.00 bits per heavy atom. The van der Waals surface area contributed by atoms with Gasteiger partial charge in [0.05, 0.1) is 11.9 Å². The van der Waals surface area contributed by atoms with Gasteiger partial charge >= 0.3 is 0 Å². The van der Waals surface area contributed by atoms with Crippen LogP contribution in [-0.4, -0.2) is 27.2 Å². The zero-order valence-corrected chi connectivity index (χ0v) is 11.0. The minimum atomic E-state index is 0.0625. The van der Waals surface area contributed by atoms with Crippen molar-refractivity contribution in [3.8, 4) is 17.4 Å². The van der Waals surface area contributed by atoms with Gasteiger partial charge in [-0.3, -0.25) is 0 Å². The molecule has 0 amide bonds. The van der Waals surface area contributed by atoms with Crippen LogP contribution in [0.25, 0.3) is 11.5 Å². The number of methoxy groups -OCH3 is 1. The summed E-state index contributed by atoms with van der Waals surface area (Å²) < 4.78 is 10.1. The normalized spacial score (nSPS) is 12.4. The topological polar surface area (TPSA) is 73.9 Å². The molecule has 6 nitrogen and oxygen atoms in total. The quantitative estimate of drug-likeness (QED) is 0.807. The van der Waals surface area contributed by atoms with Crippen LogP contribution in [0.4, 0.5) is 0 Å². The molecule has 1 unspecified atom stereocenters. The second-order valence-corrected chi connectivity index (χ2v) is 4.38. The van der Waals surface area contributed by atoms with Gasteiger partial charge in [0.1, 0.15) is 12.0 Å². The summed E-state index contributed by atoms with van der Waals surface area (Å²) in [6.45, 7) is 2.02. The van der Waals surface area contributed by atoms with Gasteiger partial charge in [-0.05, 0) is 6.42 Å². The number of rotatable bonds is 4. The largest absolute Gasteiger partial charge is 0.481 e.